The van der Waals surface area contributed by atoms with Gasteiger partial charge >= 0.3 is 0 Å². The molecule has 0 saturated heterocycles. The summed E-state index contributed by atoms with van der Waals surface area (Å²) in [7, 11) is 0. The maximum atomic E-state index is 13.4. The van der Waals surface area contributed by atoms with Crippen molar-refractivity contribution in [3.63, 3.8) is 0 Å². The van der Waals surface area contributed by atoms with E-state index in [0.717, 1.165) is 11.1 Å². The summed E-state index contributed by atoms with van der Waals surface area (Å²) >= 11 is 11.2. The lowest BCUT2D eigenvalue weighted by atomic mass is 10.2. The number of nitrogens with one attached hydrogen (secondary N) is 1. The molecule has 3 aromatic rings. The summed E-state index contributed by atoms with van der Waals surface area (Å²) in [6.45, 7) is 2.74. The number of halogens is 2. The molecule has 3 rings (SSSR count). The zero-order valence-electron chi connectivity index (χ0n) is 14.7. The first-order valence-corrected chi connectivity index (χ1v) is 9.20. The van der Waals surface area contributed by atoms with Crippen LogP contribution in [-0.4, -0.2) is 32.1 Å². The second kappa shape index (κ2) is 8.45. The molecule has 0 saturated carbocycles. The predicted molar refractivity (Wildman–Crippen MR) is 105 cm³/mol. The fourth-order valence-corrected chi connectivity index (χ4v) is 3.07. The maximum absolute atomic E-state index is 13.4. The molecule has 1 N–H and O–H groups in total. The van der Waals surface area contributed by atoms with E-state index in [1.807, 2.05) is 19.1 Å². The first-order valence-electron chi connectivity index (χ1n) is 8.41. The van der Waals surface area contributed by atoms with Crippen molar-refractivity contribution in [2.24, 2.45) is 0 Å². The molecule has 5 nitrogen and oxygen atoms in total. The van der Waals surface area contributed by atoms with Gasteiger partial charge in [-0.2, -0.15) is 5.10 Å². The van der Waals surface area contributed by atoms with Gasteiger partial charge in [0.05, 0.1) is 0 Å². The Morgan fingerprint density at radius 3 is 2.70 bits per heavy atom. The number of amides is 1. The quantitative estimate of drug-likeness (QED) is 0.617. The molecule has 1 amide bonds. The lowest BCUT2D eigenvalue weighted by Crippen LogP contribution is -2.33. The normalized spacial score (nSPS) is 10.8. The van der Waals surface area contributed by atoms with Crippen LogP contribution in [0.1, 0.15) is 12.5 Å². The second-order valence-corrected chi connectivity index (χ2v) is 6.81. The topological polar surface area (TPSA) is 53.9 Å². The van der Waals surface area contributed by atoms with Gasteiger partial charge in [-0.25, -0.2) is 4.39 Å². The van der Waals surface area contributed by atoms with Crippen LogP contribution in [0.2, 0.25) is 5.02 Å². The van der Waals surface area contributed by atoms with Crippen LogP contribution in [-0.2, 0) is 17.9 Å². The van der Waals surface area contributed by atoms with Crippen LogP contribution >= 0.6 is 23.8 Å². The molecule has 1 heterocycles. The Morgan fingerprint density at radius 1 is 1.30 bits per heavy atom. The minimum absolute atomic E-state index is 0.0381. The van der Waals surface area contributed by atoms with Gasteiger partial charge in [-0.15, -0.1) is 0 Å². The van der Waals surface area contributed by atoms with E-state index < -0.39 is 0 Å². The van der Waals surface area contributed by atoms with Crippen LogP contribution in [0.5, 0.6) is 0 Å². The third-order valence-corrected chi connectivity index (χ3v) is 4.71. The average molecular weight is 405 g/mol. The van der Waals surface area contributed by atoms with Crippen molar-refractivity contribution in [3.8, 4) is 11.4 Å². The maximum Gasteiger partial charge on any atom is 0.242 e. The lowest BCUT2D eigenvalue weighted by Gasteiger charge is -2.21. The van der Waals surface area contributed by atoms with Gasteiger partial charge < -0.3 is 4.90 Å². The number of nitrogens with zero attached hydrogens (tertiary/aromatic N) is 3. The molecule has 1 aromatic heterocycles. The summed E-state index contributed by atoms with van der Waals surface area (Å²) in [6, 6.07) is 13.4. The Hall–Kier alpha value is -2.51. The van der Waals surface area contributed by atoms with Gasteiger partial charge in [0.2, 0.25) is 5.91 Å². The van der Waals surface area contributed by atoms with Crippen molar-refractivity contribution in [1.82, 2.24) is 19.7 Å². The van der Waals surface area contributed by atoms with Crippen LogP contribution in [0, 0.1) is 10.6 Å². The molecule has 0 atom stereocenters. The van der Waals surface area contributed by atoms with Crippen molar-refractivity contribution >= 4 is 29.7 Å². The molecule has 0 spiro atoms. The van der Waals surface area contributed by atoms with E-state index in [0.29, 0.717) is 28.7 Å². The number of likely N-dealkylation sites (N-methyl/N-ethyl adjacent to an activating group) is 1. The summed E-state index contributed by atoms with van der Waals surface area (Å²) in [5.41, 5.74) is 1.53. The van der Waals surface area contributed by atoms with Crippen LogP contribution < -0.4 is 0 Å². The summed E-state index contributed by atoms with van der Waals surface area (Å²) in [4.78, 5) is 14.5. The number of hydrogen-bond donors (Lipinski definition) is 1. The average Bonchev–Trinajstić information content (AvgIpc) is 3.01. The van der Waals surface area contributed by atoms with Gasteiger partial charge in [-0.05, 0) is 61.1 Å². The molecule has 0 radical (unpaired) electrons. The van der Waals surface area contributed by atoms with E-state index >= 15 is 0 Å². The Bertz CT molecular complexity index is 999. The minimum atomic E-state index is -0.321. The van der Waals surface area contributed by atoms with Crippen LogP contribution in [0.3, 0.4) is 0 Å². The van der Waals surface area contributed by atoms with E-state index in [-0.39, 0.29) is 18.3 Å². The number of aromatic nitrogens is 3. The lowest BCUT2D eigenvalue weighted by molar-refractivity contribution is -0.132. The molecule has 0 aliphatic heterocycles. The van der Waals surface area contributed by atoms with Crippen LogP contribution in [0.25, 0.3) is 11.4 Å². The van der Waals surface area contributed by atoms with E-state index in [2.05, 4.69) is 10.2 Å². The van der Waals surface area contributed by atoms with Crippen molar-refractivity contribution in [1.29, 1.82) is 0 Å². The molecule has 140 valence electrons. The fourth-order valence-electron chi connectivity index (χ4n) is 2.75. The number of carbonyl (C=O) groups is 1. The van der Waals surface area contributed by atoms with Crippen molar-refractivity contribution < 1.29 is 9.18 Å². The molecule has 0 aliphatic rings. The van der Waals surface area contributed by atoms with Gasteiger partial charge in [0.1, 0.15) is 12.4 Å². The smallest absolute Gasteiger partial charge is 0.242 e. The number of benzene rings is 2. The molecule has 0 bridgehead atoms. The van der Waals surface area contributed by atoms with Gasteiger partial charge in [-0.1, -0.05) is 23.7 Å². The molecular weight excluding hydrogens is 387 g/mol. The monoisotopic (exact) mass is 404 g/mol. The number of rotatable bonds is 6. The molecule has 0 unspecified atom stereocenters. The predicted octanol–water partition coefficient (Wildman–Crippen LogP) is 4.45. The number of carbonyl (C=O) groups excluding carboxylic acids is 1. The highest BCUT2D eigenvalue weighted by atomic mass is 35.5. The van der Waals surface area contributed by atoms with E-state index in [9.17, 15) is 9.18 Å². The highest BCUT2D eigenvalue weighted by molar-refractivity contribution is 7.71. The van der Waals surface area contributed by atoms with Crippen LogP contribution in [0.15, 0.2) is 48.5 Å². The van der Waals surface area contributed by atoms with E-state index in [1.54, 1.807) is 33.7 Å². The Balaban J connectivity index is 1.81. The van der Waals surface area contributed by atoms with Crippen LogP contribution in [0.4, 0.5) is 4.39 Å². The molecule has 8 heteroatoms. The molecular formula is C19H18ClFN4OS. The van der Waals surface area contributed by atoms with Crippen molar-refractivity contribution in [2.75, 3.05) is 6.54 Å². The van der Waals surface area contributed by atoms with Crippen molar-refractivity contribution in [3.05, 3.63) is 69.7 Å². The zero-order valence-corrected chi connectivity index (χ0v) is 16.2. The van der Waals surface area contributed by atoms with Gasteiger partial charge in [0.15, 0.2) is 10.6 Å². The number of hydrogen-bond acceptors (Lipinski definition) is 3. The van der Waals surface area contributed by atoms with Gasteiger partial charge in [0.25, 0.3) is 0 Å². The Labute approximate surface area is 166 Å². The van der Waals surface area contributed by atoms with E-state index in [4.69, 9.17) is 23.8 Å². The Kier molecular flexibility index (Phi) is 6.03. The van der Waals surface area contributed by atoms with Gasteiger partial charge in [-0.3, -0.25) is 14.5 Å². The number of H-pyrrole nitrogens is 1. The highest BCUT2D eigenvalue weighted by Crippen LogP contribution is 2.20. The first kappa shape index (κ1) is 19.3. The highest BCUT2D eigenvalue weighted by Gasteiger charge is 2.17. The standard InChI is InChI=1S/C19H18ClFN4OS/c1-2-24(11-13-4-3-5-16(21)10-13)17(26)12-25-18(22-23-19(25)27)14-6-8-15(20)9-7-14/h3-10H,2,11-12H2,1H3,(H,23,27). The molecule has 0 aliphatic carbocycles. The minimum Gasteiger partial charge on any atom is -0.337 e. The summed E-state index contributed by atoms with van der Waals surface area (Å²) in [6.07, 6.45) is 0. The summed E-state index contributed by atoms with van der Waals surface area (Å²) in [5.74, 6) is 0.111. The fraction of sp³-hybridized carbons (Fsp3) is 0.211. The second-order valence-electron chi connectivity index (χ2n) is 5.98. The first-order chi connectivity index (χ1) is 13.0. The third-order valence-electron chi connectivity index (χ3n) is 4.15. The zero-order chi connectivity index (χ0) is 19.4. The largest absolute Gasteiger partial charge is 0.337 e. The van der Waals surface area contributed by atoms with Gasteiger partial charge in [0, 0.05) is 23.7 Å². The van der Waals surface area contributed by atoms with E-state index in [1.165, 1.54) is 12.1 Å². The molecule has 2 aromatic carbocycles. The summed E-state index contributed by atoms with van der Waals surface area (Å²) in [5, 5.41) is 7.58. The Morgan fingerprint density at radius 2 is 2.04 bits per heavy atom. The molecule has 0 fully saturated rings. The third kappa shape index (κ3) is 4.61. The number of aromatic amines is 1. The molecule has 27 heavy (non-hydrogen) atoms. The summed E-state index contributed by atoms with van der Waals surface area (Å²) < 4.78 is 15.4. The SMILES string of the molecule is CCN(Cc1cccc(F)c1)C(=O)Cn1c(-c2ccc(Cl)cc2)n[nH]c1=S. The van der Waals surface area contributed by atoms with Crippen molar-refractivity contribution in [2.45, 2.75) is 20.0 Å².